The molecule has 1 aromatic carbocycles. The van der Waals surface area contributed by atoms with Crippen LogP contribution in [0.5, 0.6) is 0 Å². The van der Waals surface area contributed by atoms with E-state index in [1.807, 2.05) is 0 Å². The molecule has 0 fully saturated rings. The van der Waals surface area contributed by atoms with Crippen molar-refractivity contribution in [2.45, 2.75) is 13.8 Å². The number of carbonyl (C=O) groups is 1. The third kappa shape index (κ3) is 4.07. The van der Waals surface area contributed by atoms with Crippen molar-refractivity contribution in [3.63, 3.8) is 0 Å². The number of hydrogen-bond acceptors (Lipinski definition) is 6. The maximum atomic E-state index is 11.3. The van der Waals surface area contributed by atoms with Gasteiger partial charge >= 0.3 is 5.97 Å². The second-order valence-corrected chi connectivity index (χ2v) is 4.38. The zero-order valence-corrected chi connectivity index (χ0v) is 12.2. The quantitative estimate of drug-likeness (QED) is 0.389. The summed E-state index contributed by atoms with van der Waals surface area (Å²) in [4.78, 5) is 21.6. The van der Waals surface area contributed by atoms with E-state index in [1.54, 1.807) is 6.92 Å². The number of hydrogen-bond donors (Lipinski definition) is 1. The third-order valence-electron chi connectivity index (χ3n) is 2.15. The molecule has 0 aliphatic heterocycles. The molecule has 0 aliphatic carbocycles. The van der Waals surface area contributed by atoms with Crippen molar-refractivity contribution >= 4 is 46.3 Å². The smallest absolute Gasteiger partial charge is 0.354 e. The zero-order valence-electron chi connectivity index (χ0n) is 10.6. The van der Waals surface area contributed by atoms with Gasteiger partial charge in [-0.3, -0.25) is 15.5 Å². The molecule has 20 heavy (non-hydrogen) atoms. The predicted octanol–water partition coefficient (Wildman–Crippen LogP) is 3.25. The summed E-state index contributed by atoms with van der Waals surface area (Å²) in [5.41, 5.74) is 2.14. The molecule has 0 saturated heterocycles. The maximum Gasteiger partial charge on any atom is 0.354 e. The topological polar surface area (TPSA) is 93.8 Å². The highest BCUT2D eigenvalue weighted by Crippen LogP contribution is 2.33. The van der Waals surface area contributed by atoms with E-state index in [0.717, 1.165) is 6.07 Å². The Morgan fingerprint density at radius 1 is 1.45 bits per heavy atom. The fourth-order valence-electron chi connectivity index (χ4n) is 1.20. The first-order valence-corrected chi connectivity index (χ1v) is 6.23. The van der Waals surface area contributed by atoms with Gasteiger partial charge in [0.05, 0.1) is 21.6 Å². The summed E-state index contributed by atoms with van der Waals surface area (Å²) in [5.74, 6) is -0.622. The van der Waals surface area contributed by atoms with Gasteiger partial charge in [0.25, 0.3) is 5.69 Å². The Morgan fingerprint density at radius 3 is 2.60 bits per heavy atom. The molecule has 0 spiro atoms. The Kier molecular flexibility index (Phi) is 5.72. The molecule has 1 N–H and O–H groups in total. The third-order valence-corrected chi connectivity index (χ3v) is 2.87. The van der Waals surface area contributed by atoms with Gasteiger partial charge in [-0.2, -0.15) is 5.10 Å². The molecule has 0 aromatic heterocycles. The van der Waals surface area contributed by atoms with Crippen LogP contribution in [0.3, 0.4) is 0 Å². The molecule has 0 amide bonds. The van der Waals surface area contributed by atoms with Crippen molar-refractivity contribution in [2.24, 2.45) is 5.10 Å². The van der Waals surface area contributed by atoms with Gasteiger partial charge in [-0.05, 0) is 19.9 Å². The molecule has 1 rings (SSSR count). The van der Waals surface area contributed by atoms with Gasteiger partial charge in [-0.15, -0.1) is 0 Å². The van der Waals surface area contributed by atoms with Gasteiger partial charge in [0, 0.05) is 6.07 Å². The van der Waals surface area contributed by atoms with Gasteiger partial charge in [0.1, 0.15) is 11.4 Å². The van der Waals surface area contributed by atoms with E-state index in [9.17, 15) is 14.9 Å². The van der Waals surface area contributed by atoms with E-state index < -0.39 is 10.9 Å². The van der Waals surface area contributed by atoms with Crippen LogP contribution >= 0.6 is 23.2 Å². The van der Waals surface area contributed by atoms with Crippen LogP contribution in [0, 0.1) is 10.1 Å². The summed E-state index contributed by atoms with van der Waals surface area (Å²) in [6, 6.07) is 2.35. The van der Waals surface area contributed by atoms with Crippen LogP contribution in [-0.2, 0) is 9.53 Å². The second-order valence-electron chi connectivity index (χ2n) is 3.57. The van der Waals surface area contributed by atoms with Gasteiger partial charge in [-0.25, -0.2) is 4.79 Å². The normalized spacial score (nSPS) is 11.1. The Labute approximate surface area is 124 Å². The van der Waals surface area contributed by atoms with Crippen LogP contribution in [0.4, 0.5) is 11.4 Å². The van der Waals surface area contributed by atoms with E-state index >= 15 is 0 Å². The first-order valence-electron chi connectivity index (χ1n) is 5.47. The summed E-state index contributed by atoms with van der Waals surface area (Å²) in [7, 11) is 0. The lowest BCUT2D eigenvalue weighted by Gasteiger charge is -2.05. The molecule has 0 saturated carbocycles. The fraction of sp³-hybridized carbons (Fsp3) is 0.273. The number of ether oxygens (including phenoxy) is 1. The number of anilines is 1. The van der Waals surface area contributed by atoms with E-state index in [1.165, 1.54) is 13.0 Å². The van der Waals surface area contributed by atoms with Gasteiger partial charge in [-0.1, -0.05) is 23.2 Å². The SMILES string of the molecule is CCOC(=O)C(C)=NNc1cc(Cl)c(Cl)cc1[N+](=O)[O-]. The molecule has 1 aromatic rings. The minimum Gasteiger partial charge on any atom is -0.461 e. The maximum absolute atomic E-state index is 11.3. The predicted molar refractivity (Wildman–Crippen MR) is 76.5 cm³/mol. The first kappa shape index (κ1) is 16.2. The second kappa shape index (κ2) is 7.06. The van der Waals surface area contributed by atoms with Crippen molar-refractivity contribution in [2.75, 3.05) is 12.0 Å². The van der Waals surface area contributed by atoms with Crippen LogP contribution < -0.4 is 5.43 Å². The van der Waals surface area contributed by atoms with Crippen molar-refractivity contribution in [1.82, 2.24) is 0 Å². The van der Waals surface area contributed by atoms with E-state index in [-0.39, 0.29) is 33.7 Å². The number of rotatable bonds is 5. The lowest BCUT2D eigenvalue weighted by Crippen LogP contribution is -2.15. The fourth-order valence-corrected chi connectivity index (χ4v) is 1.52. The number of esters is 1. The van der Waals surface area contributed by atoms with Crippen LogP contribution in [0.1, 0.15) is 13.8 Å². The minimum absolute atomic E-state index is 0.0206. The molecular formula is C11H11Cl2N3O4. The molecular weight excluding hydrogens is 309 g/mol. The number of nitrogens with one attached hydrogen (secondary N) is 1. The van der Waals surface area contributed by atoms with Crippen LogP contribution in [-0.4, -0.2) is 23.2 Å². The molecule has 108 valence electrons. The average molecular weight is 320 g/mol. The van der Waals surface area contributed by atoms with Crippen molar-refractivity contribution in [3.8, 4) is 0 Å². The van der Waals surface area contributed by atoms with Crippen molar-refractivity contribution < 1.29 is 14.5 Å². The number of halogens is 2. The number of nitro benzene ring substituents is 1. The van der Waals surface area contributed by atoms with Crippen LogP contribution in [0.25, 0.3) is 0 Å². The first-order chi connectivity index (χ1) is 9.36. The van der Waals surface area contributed by atoms with Crippen LogP contribution in [0.2, 0.25) is 10.0 Å². The number of nitro groups is 1. The van der Waals surface area contributed by atoms with Gasteiger partial charge < -0.3 is 4.74 Å². The number of hydrazone groups is 1. The van der Waals surface area contributed by atoms with Crippen LogP contribution in [0.15, 0.2) is 17.2 Å². The van der Waals surface area contributed by atoms with E-state index in [4.69, 9.17) is 27.9 Å². The van der Waals surface area contributed by atoms with E-state index in [0.29, 0.717) is 0 Å². The summed E-state index contributed by atoms with van der Waals surface area (Å²) in [6.45, 7) is 3.27. The molecule has 9 heteroatoms. The highest BCUT2D eigenvalue weighted by molar-refractivity contribution is 6.42. The lowest BCUT2D eigenvalue weighted by molar-refractivity contribution is -0.383. The highest BCUT2D eigenvalue weighted by Gasteiger charge is 2.17. The molecule has 0 aliphatic rings. The van der Waals surface area contributed by atoms with Crippen molar-refractivity contribution in [3.05, 3.63) is 32.3 Å². The number of carbonyl (C=O) groups excluding carboxylic acids is 1. The highest BCUT2D eigenvalue weighted by atomic mass is 35.5. The lowest BCUT2D eigenvalue weighted by atomic mass is 10.3. The Bertz CT molecular complexity index is 575. The average Bonchev–Trinajstić information content (AvgIpc) is 2.39. The Balaban J connectivity index is 3.03. The molecule has 0 atom stereocenters. The molecule has 7 nitrogen and oxygen atoms in total. The summed E-state index contributed by atoms with van der Waals surface area (Å²) in [5, 5.41) is 14.8. The molecule has 0 radical (unpaired) electrons. The Hall–Kier alpha value is -1.86. The molecule has 0 bridgehead atoms. The number of nitrogens with zero attached hydrogens (tertiary/aromatic N) is 2. The Morgan fingerprint density at radius 2 is 2.05 bits per heavy atom. The standard InChI is InChI=1S/C11H11Cl2N3O4/c1-3-20-11(17)6(2)14-15-9-4-7(12)8(13)5-10(9)16(18)19/h4-5,15H,3H2,1-2H3. The monoisotopic (exact) mass is 319 g/mol. The number of benzene rings is 1. The minimum atomic E-state index is -0.639. The van der Waals surface area contributed by atoms with Gasteiger partial charge in [0.15, 0.2) is 0 Å². The molecule has 0 unspecified atom stereocenters. The van der Waals surface area contributed by atoms with Gasteiger partial charge in [0.2, 0.25) is 0 Å². The van der Waals surface area contributed by atoms with Crippen molar-refractivity contribution in [1.29, 1.82) is 0 Å². The summed E-state index contributed by atoms with van der Waals surface area (Å²) < 4.78 is 4.72. The molecule has 0 heterocycles. The summed E-state index contributed by atoms with van der Waals surface area (Å²) >= 11 is 11.5. The zero-order chi connectivity index (χ0) is 15.3. The largest absolute Gasteiger partial charge is 0.461 e. The van der Waals surface area contributed by atoms with E-state index in [2.05, 4.69) is 10.5 Å². The summed E-state index contributed by atoms with van der Waals surface area (Å²) in [6.07, 6.45) is 0.